The molecule has 1 N–H and O–H groups in total. The Kier molecular flexibility index (Phi) is 9.46. The summed E-state index contributed by atoms with van der Waals surface area (Å²) >= 11 is 0. The van der Waals surface area contributed by atoms with Crippen LogP contribution in [0.25, 0.3) is 0 Å². The van der Waals surface area contributed by atoms with E-state index in [1.165, 1.54) is 12.8 Å². The maximum absolute atomic E-state index is 11.7. The number of ketones is 1. The fraction of sp³-hybridized carbons (Fsp3) is 0.895. The van der Waals surface area contributed by atoms with Gasteiger partial charge in [-0.3, -0.25) is 9.59 Å². The molecule has 0 aromatic carbocycles. The van der Waals surface area contributed by atoms with Crippen molar-refractivity contribution in [2.24, 2.45) is 5.92 Å². The molecular formula is C19H36N2O2. The predicted molar refractivity (Wildman–Crippen MR) is 95.4 cm³/mol. The summed E-state index contributed by atoms with van der Waals surface area (Å²) in [6, 6.07) is 1.02. The van der Waals surface area contributed by atoms with Crippen molar-refractivity contribution in [3.63, 3.8) is 0 Å². The maximum Gasteiger partial charge on any atom is 0.222 e. The lowest BCUT2D eigenvalue weighted by Crippen LogP contribution is -2.47. The predicted octanol–water partition coefficient (Wildman–Crippen LogP) is 3.54. The first-order valence-electron chi connectivity index (χ1n) is 9.58. The summed E-state index contributed by atoms with van der Waals surface area (Å²) in [5.74, 6) is 0.845. The smallest absolute Gasteiger partial charge is 0.222 e. The van der Waals surface area contributed by atoms with Crippen molar-refractivity contribution in [3.8, 4) is 0 Å². The number of carbonyl (C=O) groups is 2. The first-order valence-corrected chi connectivity index (χ1v) is 9.58. The highest BCUT2D eigenvalue weighted by atomic mass is 16.2. The molecule has 2 unspecified atom stereocenters. The summed E-state index contributed by atoms with van der Waals surface area (Å²) in [5, 5.41) is 3.80. The minimum Gasteiger partial charge on any atom is -0.343 e. The zero-order valence-corrected chi connectivity index (χ0v) is 15.6. The second kappa shape index (κ2) is 10.8. The van der Waals surface area contributed by atoms with Crippen LogP contribution < -0.4 is 5.32 Å². The number of likely N-dealkylation sites (tertiary alicyclic amines) is 1. The van der Waals surface area contributed by atoms with Gasteiger partial charge in [0.2, 0.25) is 5.91 Å². The van der Waals surface area contributed by atoms with E-state index in [1.807, 2.05) is 18.7 Å². The Morgan fingerprint density at radius 1 is 1.04 bits per heavy atom. The van der Waals surface area contributed by atoms with Gasteiger partial charge in [-0.05, 0) is 32.1 Å². The first kappa shape index (κ1) is 20.1. The third-order valence-electron chi connectivity index (χ3n) is 5.10. The van der Waals surface area contributed by atoms with Crippen LogP contribution >= 0.6 is 0 Å². The average Bonchev–Trinajstić information content (AvgIpc) is 2.58. The molecular weight excluding hydrogens is 288 g/mol. The third-order valence-corrected chi connectivity index (χ3v) is 5.10. The number of Topliss-reactive ketones (excluding diaryl/α,β-unsaturated/α-hetero) is 1. The molecule has 1 rings (SSSR count). The summed E-state index contributed by atoms with van der Waals surface area (Å²) in [7, 11) is 0. The minimum absolute atomic E-state index is 0.185. The summed E-state index contributed by atoms with van der Waals surface area (Å²) in [4.78, 5) is 25.5. The van der Waals surface area contributed by atoms with E-state index in [9.17, 15) is 9.59 Å². The lowest BCUT2D eigenvalue weighted by atomic mass is 9.93. The number of piperidine rings is 1. The van der Waals surface area contributed by atoms with Crippen LogP contribution in [0, 0.1) is 5.92 Å². The van der Waals surface area contributed by atoms with E-state index in [0.717, 1.165) is 38.8 Å². The maximum atomic E-state index is 11.7. The van der Waals surface area contributed by atoms with Crippen molar-refractivity contribution >= 4 is 11.7 Å². The molecule has 0 aromatic heterocycles. The molecule has 4 nitrogen and oxygen atoms in total. The number of carbonyl (C=O) groups excluding carboxylic acids is 2. The Hall–Kier alpha value is -0.900. The Balaban J connectivity index is 2.38. The van der Waals surface area contributed by atoms with Crippen molar-refractivity contribution < 1.29 is 9.59 Å². The fourth-order valence-electron chi connectivity index (χ4n) is 3.47. The van der Waals surface area contributed by atoms with Gasteiger partial charge in [0.15, 0.2) is 0 Å². The van der Waals surface area contributed by atoms with Gasteiger partial charge in [-0.2, -0.15) is 0 Å². The number of nitrogens with one attached hydrogen (secondary N) is 1. The molecule has 0 aliphatic carbocycles. The fourth-order valence-corrected chi connectivity index (χ4v) is 3.47. The number of hydrogen-bond acceptors (Lipinski definition) is 3. The molecule has 1 aliphatic rings. The van der Waals surface area contributed by atoms with E-state index < -0.39 is 0 Å². The number of rotatable bonds is 10. The highest BCUT2D eigenvalue weighted by molar-refractivity contribution is 5.80. The Morgan fingerprint density at radius 3 is 2.22 bits per heavy atom. The summed E-state index contributed by atoms with van der Waals surface area (Å²) in [6.07, 6.45) is 7.76. The van der Waals surface area contributed by atoms with Crippen LogP contribution in [-0.2, 0) is 9.59 Å². The van der Waals surface area contributed by atoms with Gasteiger partial charge in [-0.25, -0.2) is 0 Å². The lowest BCUT2D eigenvalue weighted by Gasteiger charge is -2.35. The zero-order valence-electron chi connectivity index (χ0n) is 15.6. The summed E-state index contributed by atoms with van der Waals surface area (Å²) in [6.45, 7) is 9.93. The number of amides is 1. The molecule has 1 saturated heterocycles. The van der Waals surface area contributed by atoms with Gasteiger partial charge < -0.3 is 10.2 Å². The van der Waals surface area contributed by atoms with Crippen LogP contribution in [-0.4, -0.2) is 41.8 Å². The largest absolute Gasteiger partial charge is 0.343 e. The highest BCUT2D eigenvalue weighted by Crippen LogP contribution is 2.17. The topological polar surface area (TPSA) is 49.4 Å². The van der Waals surface area contributed by atoms with Crippen molar-refractivity contribution in [1.29, 1.82) is 0 Å². The first-order chi connectivity index (χ1) is 11.0. The van der Waals surface area contributed by atoms with Gasteiger partial charge in [-0.1, -0.05) is 34.1 Å². The molecule has 2 atom stereocenters. The SMILES string of the molecule is CCCC(CCC(C)C(=O)CC)NC1CCN(C(=O)CC)CC1. The van der Waals surface area contributed by atoms with E-state index in [1.54, 1.807) is 0 Å². The molecule has 1 heterocycles. The van der Waals surface area contributed by atoms with Crippen LogP contribution in [0.5, 0.6) is 0 Å². The van der Waals surface area contributed by atoms with Crippen LogP contribution in [0.15, 0.2) is 0 Å². The summed E-state index contributed by atoms with van der Waals surface area (Å²) in [5.41, 5.74) is 0. The average molecular weight is 325 g/mol. The van der Waals surface area contributed by atoms with Gasteiger partial charge in [0, 0.05) is 43.9 Å². The molecule has 0 spiro atoms. The molecule has 0 bridgehead atoms. The van der Waals surface area contributed by atoms with Crippen LogP contribution in [0.3, 0.4) is 0 Å². The van der Waals surface area contributed by atoms with Crippen LogP contribution in [0.1, 0.15) is 79.1 Å². The van der Waals surface area contributed by atoms with E-state index >= 15 is 0 Å². The Morgan fingerprint density at radius 2 is 1.70 bits per heavy atom. The Labute approximate surface area is 142 Å². The number of nitrogens with zero attached hydrogens (tertiary/aromatic N) is 1. The second-order valence-electron chi connectivity index (χ2n) is 6.96. The molecule has 0 radical (unpaired) electrons. The van der Waals surface area contributed by atoms with Crippen molar-refractivity contribution in [3.05, 3.63) is 0 Å². The molecule has 134 valence electrons. The van der Waals surface area contributed by atoms with Crippen molar-refractivity contribution in [1.82, 2.24) is 10.2 Å². The van der Waals surface area contributed by atoms with E-state index in [-0.39, 0.29) is 11.8 Å². The molecule has 0 aromatic rings. The summed E-state index contributed by atoms with van der Waals surface area (Å²) < 4.78 is 0. The van der Waals surface area contributed by atoms with E-state index in [2.05, 4.69) is 19.2 Å². The normalized spacial score (nSPS) is 18.7. The molecule has 0 saturated carbocycles. The van der Waals surface area contributed by atoms with Crippen LogP contribution in [0.4, 0.5) is 0 Å². The van der Waals surface area contributed by atoms with E-state index in [0.29, 0.717) is 30.7 Å². The molecule has 1 amide bonds. The Bertz CT molecular complexity index is 362. The van der Waals surface area contributed by atoms with Gasteiger partial charge in [0.25, 0.3) is 0 Å². The lowest BCUT2D eigenvalue weighted by molar-refractivity contribution is -0.132. The highest BCUT2D eigenvalue weighted by Gasteiger charge is 2.24. The quantitative estimate of drug-likeness (QED) is 0.668. The molecule has 4 heteroatoms. The van der Waals surface area contributed by atoms with Gasteiger partial charge >= 0.3 is 0 Å². The molecule has 1 aliphatic heterocycles. The second-order valence-corrected chi connectivity index (χ2v) is 6.96. The standard InChI is InChI=1S/C19H36N2O2/c1-5-8-16(10-9-15(4)18(22)6-2)20-17-11-13-21(14-12-17)19(23)7-3/h15-17,20H,5-14H2,1-4H3. The molecule has 23 heavy (non-hydrogen) atoms. The minimum atomic E-state index is 0.185. The van der Waals surface area contributed by atoms with Gasteiger partial charge in [0.1, 0.15) is 5.78 Å². The molecule has 1 fully saturated rings. The van der Waals surface area contributed by atoms with Crippen LogP contribution in [0.2, 0.25) is 0 Å². The zero-order chi connectivity index (χ0) is 17.2. The van der Waals surface area contributed by atoms with E-state index in [4.69, 9.17) is 0 Å². The van der Waals surface area contributed by atoms with Gasteiger partial charge in [-0.15, -0.1) is 0 Å². The van der Waals surface area contributed by atoms with Crippen molar-refractivity contribution in [2.75, 3.05) is 13.1 Å². The van der Waals surface area contributed by atoms with Crippen molar-refractivity contribution in [2.45, 2.75) is 91.1 Å². The monoisotopic (exact) mass is 324 g/mol. The third kappa shape index (κ3) is 7.03. The van der Waals surface area contributed by atoms with Gasteiger partial charge in [0.05, 0.1) is 0 Å². The number of hydrogen-bond donors (Lipinski definition) is 1.